The van der Waals surface area contributed by atoms with Crippen LogP contribution in [0.3, 0.4) is 0 Å². The van der Waals surface area contributed by atoms with Gasteiger partial charge in [-0.1, -0.05) is 6.92 Å². The Hall–Kier alpha value is -2.67. The van der Waals surface area contributed by atoms with Crippen LogP contribution in [-0.4, -0.2) is 58.4 Å². The van der Waals surface area contributed by atoms with Crippen LogP contribution in [0.4, 0.5) is 0 Å². The van der Waals surface area contributed by atoms with Gasteiger partial charge in [0.15, 0.2) is 0 Å². The molecule has 0 aromatic carbocycles. The van der Waals surface area contributed by atoms with Crippen LogP contribution in [0.5, 0.6) is 0 Å². The first-order chi connectivity index (χ1) is 14.1. The van der Waals surface area contributed by atoms with Crippen molar-refractivity contribution in [1.29, 1.82) is 0 Å². The molecule has 0 unspecified atom stereocenters. The summed E-state index contributed by atoms with van der Waals surface area (Å²) in [5.74, 6) is 0.441. The van der Waals surface area contributed by atoms with E-state index in [1.165, 1.54) is 0 Å². The first kappa shape index (κ1) is 21.0. The summed E-state index contributed by atoms with van der Waals surface area (Å²) in [5, 5.41) is 0. The Labute approximate surface area is 171 Å². The predicted molar refractivity (Wildman–Crippen MR) is 108 cm³/mol. The first-order valence-corrected chi connectivity index (χ1v) is 10.2. The number of carbonyl (C=O) groups is 2. The molecule has 1 aliphatic rings. The molecule has 7 heteroatoms. The molecule has 0 spiro atoms. The second kappa shape index (κ2) is 10.2. The van der Waals surface area contributed by atoms with E-state index in [2.05, 4.69) is 4.98 Å². The highest BCUT2D eigenvalue weighted by Crippen LogP contribution is 2.17. The third-order valence-corrected chi connectivity index (χ3v) is 5.34. The van der Waals surface area contributed by atoms with Crippen LogP contribution < -0.4 is 0 Å². The van der Waals surface area contributed by atoms with E-state index in [4.69, 9.17) is 9.15 Å². The Kier molecular flexibility index (Phi) is 7.41. The maximum Gasteiger partial charge on any atom is 0.254 e. The summed E-state index contributed by atoms with van der Waals surface area (Å²) in [6.45, 7) is 5.58. The molecule has 29 heavy (non-hydrogen) atoms. The lowest BCUT2D eigenvalue weighted by Gasteiger charge is -2.32. The van der Waals surface area contributed by atoms with Crippen molar-refractivity contribution in [3.8, 4) is 0 Å². The summed E-state index contributed by atoms with van der Waals surface area (Å²) in [6.07, 6.45) is 7.51. The molecule has 1 fully saturated rings. The molecular weight excluding hydrogens is 370 g/mol. The second-order valence-corrected chi connectivity index (χ2v) is 7.41. The molecular formula is C22H29N3O4. The standard InChI is InChI=1S/C22H29N3O4/c1-3-17(2)25(22(27)18-8-10-23-11-9-18)16-21(26)24(14-19-6-4-12-28-19)15-20-7-5-13-29-20/h4,6,8-12,17,20H,3,5,7,13-16H2,1-2H3/t17-,20+/m1/s1. The highest BCUT2D eigenvalue weighted by Gasteiger charge is 2.28. The second-order valence-electron chi connectivity index (χ2n) is 7.41. The van der Waals surface area contributed by atoms with Crippen LogP contribution in [0.1, 0.15) is 49.2 Å². The smallest absolute Gasteiger partial charge is 0.254 e. The van der Waals surface area contributed by atoms with Crippen LogP contribution in [0.15, 0.2) is 47.3 Å². The van der Waals surface area contributed by atoms with Gasteiger partial charge < -0.3 is 19.0 Å². The molecule has 2 amide bonds. The van der Waals surface area contributed by atoms with Gasteiger partial charge in [0.1, 0.15) is 12.3 Å². The fourth-order valence-corrected chi connectivity index (χ4v) is 3.43. The van der Waals surface area contributed by atoms with Gasteiger partial charge in [0.05, 0.1) is 18.9 Å². The average Bonchev–Trinajstić information content (AvgIpc) is 3.45. The van der Waals surface area contributed by atoms with Gasteiger partial charge in [0.2, 0.25) is 5.91 Å². The van der Waals surface area contributed by atoms with Gasteiger partial charge in [0, 0.05) is 37.2 Å². The first-order valence-electron chi connectivity index (χ1n) is 10.2. The molecule has 0 radical (unpaired) electrons. The number of furan rings is 1. The van der Waals surface area contributed by atoms with Gasteiger partial charge in [-0.05, 0) is 50.5 Å². The number of aromatic nitrogens is 1. The molecule has 1 aliphatic heterocycles. The van der Waals surface area contributed by atoms with Gasteiger partial charge in [-0.2, -0.15) is 0 Å². The monoisotopic (exact) mass is 399 g/mol. The maximum absolute atomic E-state index is 13.2. The zero-order valence-electron chi connectivity index (χ0n) is 17.1. The largest absolute Gasteiger partial charge is 0.467 e. The SMILES string of the molecule is CC[C@@H](C)N(CC(=O)N(Cc1ccco1)C[C@@H]1CCCO1)C(=O)c1ccncc1. The Balaban J connectivity index is 1.75. The summed E-state index contributed by atoms with van der Waals surface area (Å²) < 4.78 is 11.2. The number of nitrogens with zero attached hydrogens (tertiary/aromatic N) is 3. The predicted octanol–water partition coefficient (Wildman–Crippen LogP) is 3.12. The Morgan fingerprint density at radius 3 is 2.69 bits per heavy atom. The number of rotatable bonds is 9. The van der Waals surface area contributed by atoms with E-state index in [-0.39, 0.29) is 30.5 Å². The van der Waals surface area contributed by atoms with E-state index >= 15 is 0 Å². The number of pyridine rings is 1. The molecule has 0 aliphatic carbocycles. The summed E-state index contributed by atoms with van der Waals surface area (Å²) in [6, 6.07) is 6.95. The molecule has 0 bridgehead atoms. The van der Waals surface area contributed by atoms with E-state index in [1.54, 1.807) is 40.6 Å². The normalized spacial score (nSPS) is 17.1. The van der Waals surface area contributed by atoms with Gasteiger partial charge in [0.25, 0.3) is 5.91 Å². The minimum Gasteiger partial charge on any atom is -0.467 e. The summed E-state index contributed by atoms with van der Waals surface area (Å²) in [4.78, 5) is 33.6. The molecule has 3 heterocycles. The number of ether oxygens (including phenoxy) is 1. The van der Waals surface area contributed by atoms with Crippen molar-refractivity contribution in [2.45, 2.75) is 51.8 Å². The van der Waals surface area contributed by atoms with Crippen LogP contribution >= 0.6 is 0 Å². The van der Waals surface area contributed by atoms with Crippen LogP contribution in [0.25, 0.3) is 0 Å². The van der Waals surface area contributed by atoms with Crippen molar-refractivity contribution in [3.05, 3.63) is 54.2 Å². The molecule has 0 saturated carbocycles. The van der Waals surface area contributed by atoms with Gasteiger partial charge in [-0.3, -0.25) is 14.6 Å². The summed E-state index contributed by atoms with van der Waals surface area (Å²) >= 11 is 0. The molecule has 156 valence electrons. The van der Waals surface area contributed by atoms with Gasteiger partial charge in [-0.25, -0.2) is 0 Å². The quantitative estimate of drug-likeness (QED) is 0.648. The minimum atomic E-state index is -0.162. The Bertz CT molecular complexity index is 773. The van der Waals surface area contributed by atoms with E-state index in [9.17, 15) is 9.59 Å². The van der Waals surface area contributed by atoms with Crippen molar-refractivity contribution in [2.24, 2.45) is 0 Å². The molecule has 1 saturated heterocycles. The van der Waals surface area contributed by atoms with E-state index in [1.807, 2.05) is 26.0 Å². The fourth-order valence-electron chi connectivity index (χ4n) is 3.43. The third-order valence-electron chi connectivity index (χ3n) is 5.34. The molecule has 0 N–H and O–H groups in total. The highest BCUT2D eigenvalue weighted by molar-refractivity contribution is 5.96. The topological polar surface area (TPSA) is 75.9 Å². The minimum absolute atomic E-state index is 0.0175. The zero-order valence-corrected chi connectivity index (χ0v) is 17.1. The van der Waals surface area contributed by atoms with Crippen LogP contribution in [-0.2, 0) is 16.1 Å². The Morgan fingerprint density at radius 2 is 2.07 bits per heavy atom. The molecule has 2 aromatic rings. The van der Waals surface area contributed by atoms with Crippen molar-refractivity contribution < 1.29 is 18.7 Å². The Morgan fingerprint density at radius 1 is 1.28 bits per heavy atom. The molecule has 3 rings (SSSR count). The lowest BCUT2D eigenvalue weighted by molar-refractivity contribution is -0.134. The molecule has 2 atom stereocenters. The summed E-state index contributed by atoms with van der Waals surface area (Å²) in [5.41, 5.74) is 0.532. The van der Waals surface area contributed by atoms with Crippen LogP contribution in [0.2, 0.25) is 0 Å². The summed E-state index contributed by atoms with van der Waals surface area (Å²) in [7, 11) is 0. The lowest BCUT2D eigenvalue weighted by atomic mass is 10.1. The molecule has 7 nitrogen and oxygen atoms in total. The number of amides is 2. The van der Waals surface area contributed by atoms with Crippen molar-refractivity contribution in [1.82, 2.24) is 14.8 Å². The van der Waals surface area contributed by atoms with E-state index in [0.717, 1.165) is 25.9 Å². The number of hydrogen-bond acceptors (Lipinski definition) is 5. The highest BCUT2D eigenvalue weighted by atomic mass is 16.5. The van der Waals surface area contributed by atoms with E-state index in [0.29, 0.717) is 24.4 Å². The average molecular weight is 399 g/mol. The maximum atomic E-state index is 13.2. The van der Waals surface area contributed by atoms with Gasteiger partial charge in [-0.15, -0.1) is 0 Å². The number of carbonyl (C=O) groups excluding carboxylic acids is 2. The fraction of sp³-hybridized carbons (Fsp3) is 0.500. The van der Waals surface area contributed by atoms with Crippen molar-refractivity contribution in [2.75, 3.05) is 19.7 Å². The van der Waals surface area contributed by atoms with Crippen molar-refractivity contribution >= 4 is 11.8 Å². The van der Waals surface area contributed by atoms with Crippen LogP contribution in [0, 0.1) is 0 Å². The molecule has 2 aromatic heterocycles. The van der Waals surface area contributed by atoms with Crippen molar-refractivity contribution in [3.63, 3.8) is 0 Å². The zero-order chi connectivity index (χ0) is 20.6. The number of hydrogen-bond donors (Lipinski definition) is 0. The lowest BCUT2D eigenvalue weighted by Crippen LogP contribution is -2.47. The van der Waals surface area contributed by atoms with E-state index < -0.39 is 0 Å². The van der Waals surface area contributed by atoms with Gasteiger partial charge >= 0.3 is 0 Å². The third kappa shape index (κ3) is 5.67.